The van der Waals surface area contributed by atoms with Gasteiger partial charge in [0.15, 0.2) is 0 Å². The first-order valence-electron chi connectivity index (χ1n) is 7.97. The molecule has 0 aliphatic rings. The summed E-state index contributed by atoms with van der Waals surface area (Å²) in [7, 11) is 4.78. The molecular weight excluding hydrogens is 418 g/mol. The Labute approximate surface area is 165 Å². The molecule has 0 heterocycles. The Morgan fingerprint density at radius 1 is 1.22 bits per heavy atom. The van der Waals surface area contributed by atoms with Crippen LogP contribution in [0.5, 0.6) is 11.5 Å². The highest BCUT2D eigenvalue weighted by Gasteiger charge is 2.18. The van der Waals surface area contributed by atoms with Crippen molar-refractivity contribution in [3.63, 3.8) is 0 Å². The molecule has 144 valence electrons. The molecule has 0 spiro atoms. The van der Waals surface area contributed by atoms with Crippen LogP contribution in [-0.2, 0) is 11.3 Å². The Kier molecular flexibility index (Phi) is 7.14. The van der Waals surface area contributed by atoms with Crippen LogP contribution in [0.4, 0.5) is 11.4 Å². The molecule has 0 bridgehead atoms. The minimum Gasteiger partial charge on any atom is -0.496 e. The predicted molar refractivity (Wildman–Crippen MR) is 105 cm³/mol. The average Bonchev–Trinajstić information content (AvgIpc) is 2.61. The number of nitrogens with one attached hydrogen (secondary N) is 1. The lowest BCUT2D eigenvalue weighted by Gasteiger charge is -2.18. The zero-order chi connectivity index (χ0) is 20.0. The van der Waals surface area contributed by atoms with Gasteiger partial charge >= 0.3 is 0 Å². The number of nitrogens with zero attached hydrogens (tertiary/aromatic N) is 2. The van der Waals surface area contributed by atoms with Crippen LogP contribution in [0.2, 0.25) is 0 Å². The van der Waals surface area contributed by atoms with E-state index in [0.29, 0.717) is 12.3 Å². The van der Waals surface area contributed by atoms with E-state index in [-0.39, 0.29) is 23.8 Å². The number of rotatable bonds is 8. The fourth-order valence-corrected chi connectivity index (χ4v) is 2.96. The molecule has 9 heteroatoms. The summed E-state index contributed by atoms with van der Waals surface area (Å²) in [6, 6.07) is 9.91. The van der Waals surface area contributed by atoms with Crippen molar-refractivity contribution in [2.75, 3.05) is 33.1 Å². The maximum absolute atomic E-state index is 12.3. The lowest BCUT2D eigenvalue weighted by molar-refractivity contribution is -0.384. The maximum Gasteiger partial charge on any atom is 0.296 e. The molecule has 0 atom stereocenters. The van der Waals surface area contributed by atoms with Gasteiger partial charge in [-0.05, 0) is 37.4 Å². The largest absolute Gasteiger partial charge is 0.496 e. The molecule has 0 aliphatic carbocycles. The number of benzene rings is 2. The van der Waals surface area contributed by atoms with E-state index in [9.17, 15) is 14.9 Å². The van der Waals surface area contributed by atoms with E-state index in [1.807, 2.05) is 18.2 Å². The van der Waals surface area contributed by atoms with Gasteiger partial charge in [-0.3, -0.25) is 19.8 Å². The van der Waals surface area contributed by atoms with Gasteiger partial charge in [0, 0.05) is 16.6 Å². The van der Waals surface area contributed by atoms with Gasteiger partial charge in [0.2, 0.25) is 5.91 Å². The summed E-state index contributed by atoms with van der Waals surface area (Å²) in [5, 5.41) is 13.8. The highest BCUT2D eigenvalue weighted by molar-refractivity contribution is 9.10. The molecule has 8 nitrogen and oxygen atoms in total. The van der Waals surface area contributed by atoms with E-state index in [2.05, 4.69) is 21.2 Å². The lowest BCUT2D eigenvalue weighted by Crippen LogP contribution is -2.30. The van der Waals surface area contributed by atoms with Crippen LogP contribution in [0.1, 0.15) is 5.56 Å². The molecule has 0 saturated carbocycles. The smallest absolute Gasteiger partial charge is 0.296 e. The van der Waals surface area contributed by atoms with Gasteiger partial charge in [0.05, 0.1) is 31.8 Å². The minimum absolute atomic E-state index is 0.0544. The number of methoxy groups -OCH3 is 2. The molecule has 1 amide bonds. The van der Waals surface area contributed by atoms with E-state index in [0.717, 1.165) is 15.8 Å². The van der Waals surface area contributed by atoms with Crippen molar-refractivity contribution in [3.05, 3.63) is 56.5 Å². The number of nitro groups is 1. The van der Waals surface area contributed by atoms with Crippen molar-refractivity contribution < 1.29 is 19.2 Å². The number of ether oxygens (including phenoxy) is 2. The van der Waals surface area contributed by atoms with Gasteiger partial charge in [0.1, 0.15) is 17.2 Å². The highest BCUT2D eigenvalue weighted by atomic mass is 79.9. The molecule has 0 saturated heterocycles. The van der Waals surface area contributed by atoms with Crippen molar-refractivity contribution in [3.8, 4) is 11.5 Å². The van der Waals surface area contributed by atoms with Crippen LogP contribution in [0.25, 0.3) is 0 Å². The van der Waals surface area contributed by atoms with Gasteiger partial charge in [-0.15, -0.1) is 0 Å². The molecule has 0 fully saturated rings. The Morgan fingerprint density at radius 2 is 1.96 bits per heavy atom. The Morgan fingerprint density at radius 3 is 2.59 bits per heavy atom. The second-order valence-electron chi connectivity index (χ2n) is 5.82. The summed E-state index contributed by atoms with van der Waals surface area (Å²) in [4.78, 5) is 24.7. The fourth-order valence-electron chi connectivity index (χ4n) is 2.55. The first-order valence-corrected chi connectivity index (χ1v) is 8.76. The molecule has 0 unspecified atom stereocenters. The van der Waals surface area contributed by atoms with Crippen molar-refractivity contribution in [1.82, 2.24) is 4.90 Å². The normalized spacial score (nSPS) is 10.6. The number of carbonyl (C=O) groups is 1. The number of nitro benzene ring substituents is 1. The van der Waals surface area contributed by atoms with Crippen LogP contribution in [0, 0.1) is 10.1 Å². The Hall–Kier alpha value is -2.65. The predicted octanol–water partition coefficient (Wildman–Crippen LogP) is 3.45. The van der Waals surface area contributed by atoms with Crippen LogP contribution >= 0.6 is 15.9 Å². The summed E-state index contributed by atoms with van der Waals surface area (Å²) in [6.45, 7) is 0.527. The van der Waals surface area contributed by atoms with Gasteiger partial charge in [-0.1, -0.05) is 15.9 Å². The van der Waals surface area contributed by atoms with Crippen molar-refractivity contribution >= 4 is 33.2 Å². The number of halogens is 1. The van der Waals surface area contributed by atoms with E-state index in [4.69, 9.17) is 9.47 Å². The van der Waals surface area contributed by atoms with Crippen molar-refractivity contribution in [1.29, 1.82) is 0 Å². The fraction of sp³-hybridized carbons (Fsp3) is 0.278. The molecule has 2 aromatic rings. The second-order valence-corrected chi connectivity index (χ2v) is 6.73. The van der Waals surface area contributed by atoms with Crippen LogP contribution in [0.15, 0.2) is 40.9 Å². The number of hydrogen-bond donors (Lipinski definition) is 1. The summed E-state index contributed by atoms with van der Waals surface area (Å²) < 4.78 is 11.2. The summed E-state index contributed by atoms with van der Waals surface area (Å²) in [6.07, 6.45) is 0. The number of carbonyl (C=O) groups excluding carboxylic acids is 1. The quantitative estimate of drug-likeness (QED) is 0.501. The number of likely N-dealkylation sites (N-methyl/N-ethyl adjacent to an activating group) is 1. The van der Waals surface area contributed by atoms with E-state index in [1.54, 1.807) is 25.1 Å². The van der Waals surface area contributed by atoms with Crippen molar-refractivity contribution in [2.45, 2.75) is 6.54 Å². The summed E-state index contributed by atoms with van der Waals surface area (Å²) in [5.74, 6) is 0.703. The molecule has 0 aliphatic heterocycles. The molecular formula is C18H20BrN3O5. The lowest BCUT2D eigenvalue weighted by atomic mass is 10.2. The molecule has 27 heavy (non-hydrogen) atoms. The zero-order valence-corrected chi connectivity index (χ0v) is 16.8. The van der Waals surface area contributed by atoms with Gasteiger partial charge < -0.3 is 14.8 Å². The molecule has 0 aromatic heterocycles. The van der Waals surface area contributed by atoms with Crippen molar-refractivity contribution in [2.24, 2.45) is 0 Å². The molecule has 1 N–H and O–H groups in total. The maximum atomic E-state index is 12.3. The molecule has 2 aromatic carbocycles. The van der Waals surface area contributed by atoms with Gasteiger partial charge in [-0.25, -0.2) is 0 Å². The first kappa shape index (κ1) is 20.7. The monoisotopic (exact) mass is 437 g/mol. The van der Waals surface area contributed by atoms with E-state index >= 15 is 0 Å². The number of anilines is 1. The zero-order valence-electron chi connectivity index (χ0n) is 15.2. The minimum atomic E-state index is -0.561. The second kappa shape index (κ2) is 9.33. The third-order valence-electron chi connectivity index (χ3n) is 3.77. The SMILES string of the molecule is COc1ccc(NC(=O)CN(C)Cc2cc(Br)ccc2OC)c([N+](=O)[O-])c1. The third kappa shape index (κ3) is 5.66. The Balaban J connectivity index is 2.06. The highest BCUT2D eigenvalue weighted by Crippen LogP contribution is 2.29. The van der Waals surface area contributed by atoms with E-state index in [1.165, 1.54) is 19.2 Å². The van der Waals surface area contributed by atoms with Crippen LogP contribution in [-0.4, -0.2) is 43.5 Å². The topological polar surface area (TPSA) is 93.9 Å². The van der Waals surface area contributed by atoms with E-state index < -0.39 is 4.92 Å². The average molecular weight is 438 g/mol. The number of amides is 1. The summed E-state index contributed by atoms with van der Waals surface area (Å²) in [5.41, 5.74) is 0.816. The molecule has 0 radical (unpaired) electrons. The summed E-state index contributed by atoms with van der Waals surface area (Å²) >= 11 is 3.42. The standard InChI is InChI=1S/C18H20BrN3O5/c1-21(10-12-8-13(19)4-7-17(12)27-3)11-18(23)20-15-6-5-14(26-2)9-16(15)22(24)25/h4-9H,10-11H2,1-3H3,(H,20,23). The van der Waals surface area contributed by atoms with Gasteiger partial charge in [-0.2, -0.15) is 0 Å². The van der Waals surface area contributed by atoms with Crippen LogP contribution < -0.4 is 14.8 Å². The van der Waals surface area contributed by atoms with Gasteiger partial charge in [0.25, 0.3) is 5.69 Å². The molecule has 2 rings (SSSR count). The Bertz CT molecular complexity index is 844. The first-order chi connectivity index (χ1) is 12.8. The third-order valence-corrected chi connectivity index (χ3v) is 4.27. The van der Waals surface area contributed by atoms with Crippen LogP contribution in [0.3, 0.4) is 0 Å². The number of hydrogen-bond acceptors (Lipinski definition) is 6.